The van der Waals surface area contributed by atoms with Gasteiger partial charge in [-0.2, -0.15) is 5.26 Å². The van der Waals surface area contributed by atoms with Gasteiger partial charge in [-0.1, -0.05) is 49.4 Å². The molecule has 0 saturated heterocycles. The first kappa shape index (κ1) is 18.7. The molecule has 0 saturated carbocycles. The second-order valence-electron chi connectivity index (χ2n) is 6.45. The number of Topliss-reactive ketones (excluding diaryl/α,β-unsaturated/α-hetero) is 1. The molecule has 0 heterocycles. The van der Waals surface area contributed by atoms with Crippen LogP contribution in [0.3, 0.4) is 0 Å². The standard InChI is InChI=1S/C21H23NO3/c1-4-17(23)12-13-21(3,14-22)20(24)25-15(2)18-11-7-9-16-8-5-6-10-19(16)18/h5-11,15H,4,12-13H2,1-3H3/t15-,21?/m0/s1. The third kappa shape index (κ3) is 4.24. The summed E-state index contributed by atoms with van der Waals surface area (Å²) in [4.78, 5) is 24.1. The van der Waals surface area contributed by atoms with E-state index >= 15 is 0 Å². The summed E-state index contributed by atoms with van der Waals surface area (Å²) >= 11 is 0. The van der Waals surface area contributed by atoms with Crippen LogP contribution in [0.2, 0.25) is 0 Å². The largest absolute Gasteiger partial charge is 0.457 e. The maximum atomic E-state index is 12.6. The van der Waals surface area contributed by atoms with E-state index in [1.54, 1.807) is 13.8 Å². The van der Waals surface area contributed by atoms with Gasteiger partial charge in [-0.3, -0.25) is 9.59 Å². The number of hydrogen-bond donors (Lipinski definition) is 0. The molecule has 2 rings (SSSR count). The van der Waals surface area contributed by atoms with E-state index in [0.29, 0.717) is 6.42 Å². The van der Waals surface area contributed by atoms with Crippen LogP contribution in [-0.2, 0) is 14.3 Å². The molecule has 0 aliphatic carbocycles. The van der Waals surface area contributed by atoms with Crippen molar-refractivity contribution in [2.45, 2.75) is 46.1 Å². The number of ether oxygens (including phenoxy) is 1. The Morgan fingerprint density at radius 1 is 1.20 bits per heavy atom. The minimum absolute atomic E-state index is 0.0383. The number of carbonyl (C=O) groups is 2. The summed E-state index contributed by atoms with van der Waals surface area (Å²) in [5.41, 5.74) is -0.416. The van der Waals surface area contributed by atoms with Gasteiger partial charge in [-0.25, -0.2) is 0 Å². The van der Waals surface area contributed by atoms with Gasteiger partial charge in [0.05, 0.1) is 6.07 Å². The van der Waals surface area contributed by atoms with Crippen LogP contribution in [0.4, 0.5) is 0 Å². The van der Waals surface area contributed by atoms with E-state index in [0.717, 1.165) is 16.3 Å². The third-order valence-corrected chi connectivity index (χ3v) is 4.54. The fourth-order valence-corrected chi connectivity index (χ4v) is 2.73. The fourth-order valence-electron chi connectivity index (χ4n) is 2.73. The van der Waals surface area contributed by atoms with Crippen molar-refractivity contribution in [1.82, 2.24) is 0 Å². The molecule has 130 valence electrons. The predicted octanol–water partition coefficient (Wildman–Crippen LogP) is 4.73. The lowest BCUT2D eigenvalue weighted by Gasteiger charge is -2.23. The first-order chi connectivity index (χ1) is 11.9. The van der Waals surface area contributed by atoms with Gasteiger partial charge in [0.15, 0.2) is 5.41 Å². The summed E-state index contributed by atoms with van der Waals surface area (Å²) < 4.78 is 5.59. The van der Waals surface area contributed by atoms with Crippen molar-refractivity contribution in [1.29, 1.82) is 5.26 Å². The summed E-state index contributed by atoms with van der Waals surface area (Å²) in [7, 11) is 0. The topological polar surface area (TPSA) is 67.2 Å². The minimum Gasteiger partial charge on any atom is -0.457 e. The number of fused-ring (bicyclic) bond motifs is 1. The first-order valence-corrected chi connectivity index (χ1v) is 8.53. The molecule has 0 aromatic heterocycles. The second-order valence-corrected chi connectivity index (χ2v) is 6.45. The number of benzene rings is 2. The van der Waals surface area contributed by atoms with Crippen molar-refractivity contribution in [2.24, 2.45) is 5.41 Å². The molecule has 2 aromatic rings. The van der Waals surface area contributed by atoms with E-state index in [-0.39, 0.29) is 18.6 Å². The molecule has 2 atom stereocenters. The fraction of sp³-hybridized carbons (Fsp3) is 0.381. The number of nitriles is 1. The van der Waals surface area contributed by atoms with Crippen LogP contribution in [0.15, 0.2) is 42.5 Å². The monoisotopic (exact) mass is 337 g/mol. The number of carbonyl (C=O) groups excluding carboxylic acids is 2. The lowest BCUT2D eigenvalue weighted by molar-refractivity contribution is -0.157. The normalized spacial score (nSPS) is 14.3. The number of rotatable bonds is 7. The van der Waals surface area contributed by atoms with Gasteiger partial charge in [0.25, 0.3) is 0 Å². The van der Waals surface area contributed by atoms with Crippen LogP contribution < -0.4 is 0 Å². The minimum atomic E-state index is -1.32. The SMILES string of the molecule is CCC(=O)CCC(C)(C#N)C(=O)O[C@@H](C)c1cccc2ccccc12. The third-order valence-electron chi connectivity index (χ3n) is 4.54. The van der Waals surface area contributed by atoms with Gasteiger partial charge in [-0.05, 0) is 36.6 Å². The number of hydrogen-bond acceptors (Lipinski definition) is 4. The maximum absolute atomic E-state index is 12.6. The van der Waals surface area contributed by atoms with Gasteiger partial charge in [0.2, 0.25) is 0 Å². The predicted molar refractivity (Wildman–Crippen MR) is 96.7 cm³/mol. The van der Waals surface area contributed by atoms with E-state index < -0.39 is 17.5 Å². The summed E-state index contributed by atoms with van der Waals surface area (Å²) in [6.07, 6.45) is 0.312. The van der Waals surface area contributed by atoms with Crippen molar-refractivity contribution in [3.63, 3.8) is 0 Å². The Kier molecular flexibility index (Phi) is 5.93. The summed E-state index contributed by atoms with van der Waals surface area (Å²) in [6.45, 7) is 5.11. The molecule has 0 bridgehead atoms. The lowest BCUT2D eigenvalue weighted by atomic mass is 9.86. The van der Waals surface area contributed by atoms with Crippen molar-refractivity contribution in [3.05, 3.63) is 48.0 Å². The van der Waals surface area contributed by atoms with Crippen molar-refractivity contribution >= 4 is 22.5 Å². The van der Waals surface area contributed by atoms with Crippen LogP contribution in [0.1, 0.15) is 51.7 Å². The van der Waals surface area contributed by atoms with Gasteiger partial charge in [0, 0.05) is 12.8 Å². The highest BCUT2D eigenvalue weighted by Gasteiger charge is 2.36. The van der Waals surface area contributed by atoms with Crippen LogP contribution in [-0.4, -0.2) is 11.8 Å². The zero-order valence-electron chi connectivity index (χ0n) is 14.9. The molecular weight excluding hydrogens is 314 g/mol. The summed E-state index contributed by atoms with van der Waals surface area (Å²) in [5, 5.41) is 11.5. The summed E-state index contributed by atoms with van der Waals surface area (Å²) in [6, 6.07) is 15.8. The Morgan fingerprint density at radius 2 is 1.88 bits per heavy atom. The van der Waals surface area contributed by atoms with Crippen molar-refractivity contribution in [3.8, 4) is 6.07 Å². The molecule has 0 radical (unpaired) electrons. The molecule has 4 heteroatoms. The Hall–Kier alpha value is -2.67. The van der Waals surface area contributed by atoms with Gasteiger partial charge in [-0.15, -0.1) is 0 Å². The second kappa shape index (κ2) is 7.94. The number of ketones is 1. The lowest BCUT2D eigenvalue weighted by Crippen LogP contribution is -2.30. The molecule has 0 N–H and O–H groups in total. The molecule has 0 aliphatic rings. The zero-order chi connectivity index (χ0) is 18.4. The Labute approximate surface area is 148 Å². The molecule has 4 nitrogen and oxygen atoms in total. The Bertz CT molecular complexity index is 816. The van der Waals surface area contributed by atoms with E-state index in [2.05, 4.69) is 0 Å². The highest BCUT2D eigenvalue weighted by molar-refractivity contribution is 5.87. The number of esters is 1. The van der Waals surface area contributed by atoms with Gasteiger partial charge < -0.3 is 4.74 Å². The Balaban J connectivity index is 2.17. The van der Waals surface area contributed by atoms with E-state index in [4.69, 9.17) is 4.74 Å². The average molecular weight is 337 g/mol. The van der Waals surface area contributed by atoms with Crippen LogP contribution in [0, 0.1) is 16.7 Å². The average Bonchev–Trinajstić information content (AvgIpc) is 2.65. The van der Waals surface area contributed by atoms with E-state index in [1.165, 1.54) is 6.92 Å². The molecule has 0 fully saturated rings. The van der Waals surface area contributed by atoms with E-state index in [9.17, 15) is 14.9 Å². The molecule has 0 aliphatic heterocycles. The molecular formula is C21H23NO3. The first-order valence-electron chi connectivity index (χ1n) is 8.53. The Morgan fingerprint density at radius 3 is 2.56 bits per heavy atom. The van der Waals surface area contributed by atoms with E-state index in [1.807, 2.05) is 48.5 Å². The van der Waals surface area contributed by atoms with Crippen molar-refractivity contribution in [2.75, 3.05) is 0 Å². The van der Waals surface area contributed by atoms with Crippen molar-refractivity contribution < 1.29 is 14.3 Å². The van der Waals surface area contributed by atoms with Crippen LogP contribution >= 0.6 is 0 Å². The maximum Gasteiger partial charge on any atom is 0.326 e. The zero-order valence-corrected chi connectivity index (χ0v) is 14.9. The smallest absolute Gasteiger partial charge is 0.326 e. The number of nitrogens with zero attached hydrogens (tertiary/aromatic N) is 1. The van der Waals surface area contributed by atoms with Gasteiger partial charge in [0.1, 0.15) is 11.9 Å². The molecule has 2 aromatic carbocycles. The quantitative estimate of drug-likeness (QED) is 0.685. The molecule has 0 spiro atoms. The highest BCUT2D eigenvalue weighted by atomic mass is 16.5. The van der Waals surface area contributed by atoms with Crippen LogP contribution in [0.25, 0.3) is 10.8 Å². The molecule has 0 amide bonds. The van der Waals surface area contributed by atoms with Crippen LogP contribution in [0.5, 0.6) is 0 Å². The summed E-state index contributed by atoms with van der Waals surface area (Å²) in [5.74, 6) is -0.546. The molecule has 25 heavy (non-hydrogen) atoms. The van der Waals surface area contributed by atoms with Gasteiger partial charge >= 0.3 is 5.97 Å². The molecule has 1 unspecified atom stereocenters. The highest BCUT2D eigenvalue weighted by Crippen LogP contribution is 2.31.